The lowest BCUT2D eigenvalue weighted by atomic mass is 10.0. The van der Waals surface area contributed by atoms with Crippen molar-refractivity contribution in [2.75, 3.05) is 5.75 Å². The van der Waals surface area contributed by atoms with Gasteiger partial charge < -0.3 is 0 Å². The van der Waals surface area contributed by atoms with Crippen LogP contribution in [0.25, 0.3) is 0 Å². The van der Waals surface area contributed by atoms with E-state index in [1.165, 1.54) is 0 Å². The summed E-state index contributed by atoms with van der Waals surface area (Å²) in [5.74, 6) is -2.01. The van der Waals surface area contributed by atoms with Crippen LogP contribution in [0.15, 0.2) is 0 Å². The van der Waals surface area contributed by atoms with E-state index in [4.69, 9.17) is 0 Å². The molecule has 0 aromatic rings. The molecule has 0 bridgehead atoms. The van der Waals surface area contributed by atoms with Gasteiger partial charge in [0.1, 0.15) is 0 Å². The van der Waals surface area contributed by atoms with Crippen molar-refractivity contribution in [3.8, 4) is 0 Å². The molecule has 10 heavy (non-hydrogen) atoms. The van der Waals surface area contributed by atoms with Gasteiger partial charge in [0.05, 0.1) is 0 Å². The van der Waals surface area contributed by atoms with Crippen LogP contribution in [0.4, 0.5) is 8.78 Å². The summed E-state index contributed by atoms with van der Waals surface area (Å²) in [4.78, 5) is 0. The Hall–Kier alpha value is 0.210. The molecule has 1 rings (SSSR count). The molecule has 0 aromatic heterocycles. The van der Waals surface area contributed by atoms with Crippen LogP contribution in [0.3, 0.4) is 0 Å². The molecule has 1 saturated heterocycles. The smallest absolute Gasteiger partial charge is 0.207 e. The molecular formula is C7H12F2S. The van der Waals surface area contributed by atoms with Crippen LogP contribution in [0.2, 0.25) is 0 Å². The molecule has 1 heterocycles. The molecule has 0 saturated carbocycles. The second-order valence-electron chi connectivity index (χ2n) is 3.08. The molecule has 3 heteroatoms. The van der Waals surface area contributed by atoms with Gasteiger partial charge in [0.15, 0.2) is 0 Å². The topological polar surface area (TPSA) is 0 Å². The van der Waals surface area contributed by atoms with Crippen LogP contribution < -0.4 is 0 Å². The van der Waals surface area contributed by atoms with E-state index in [1.807, 2.05) is 0 Å². The second kappa shape index (κ2) is 2.68. The van der Waals surface area contributed by atoms with Gasteiger partial charge in [-0.05, 0) is 0 Å². The van der Waals surface area contributed by atoms with E-state index in [1.54, 1.807) is 25.6 Å². The van der Waals surface area contributed by atoms with Gasteiger partial charge in [0.25, 0.3) is 5.92 Å². The lowest BCUT2D eigenvalue weighted by Gasteiger charge is -2.19. The Morgan fingerprint density at radius 1 is 1.60 bits per heavy atom. The fraction of sp³-hybridized carbons (Fsp3) is 1.00. The zero-order valence-corrected chi connectivity index (χ0v) is 7.05. The molecule has 1 aliphatic heterocycles. The summed E-state index contributed by atoms with van der Waals surface area (Å²) >= 11 is 1.63. The predicted octanol–water partition coefficient (Wildman–Crippen LogP) is 2.78. The molecular weight excluding hydrogens is 154 g/mol. The molecule has 0 aromatic carbocycles. The highest BCUT2D eigenvalue weighted by Gasteiger charge is 2.40. The molecule has 0 spiro atoms. The number of hydrogen-bond donors (Lipinski definition) is 0. The van der Waals surface area contributed by atoms with Gasteiger partial charge in [-0.15, -0.1) is 0 Å². The van der Waals surface area contributed by atoms with Crippen LogP contribution in [0, 0.1) is 5.92 Å². The lowest BCUT2D eigenvalue weighted by molar-refractivity contribution is -0.0498. The molecule has 1 unspecified atom stereocenters. The predicted molar refractivity (Wildman–Crippen MR) is 40.6 cm³/mol. The van der Waals surface area contributed by atoms with E-state index in [2.05, 4.69) is 0 Å². The highest BCUT2D eigenvalue weighted by molar-refractivity contribution is 8.06. The summed E-state index contributed by atoms with van der Waals surface area (Å²) in [6.07, 6.45) is 0.0787. The molecule has 60 valence electrons. The first kappa shape index (κ1) is 8.31. The van der Waals surface area contributed by atoms with Crippen molar-refractivity contribution in [2.45, 2.75) is 31.4 Å². The third-order valence-corrected chi connectivity index (χ3v) is 2.72. The minimum absolute atomic E-state index is 0.0787. The van der Waals surface area contributed by atoms with E-state index < -0.39 is 11.8 Å². The fourth-order valence-corrected chi connectivity index (χ4v) is 1.32. The second-order valence-corrected chi connectivity index (χ2v) is 4.41. The number of thioether (sulfide) groups is 1. The Morgan fingerprint density at radius 2 is 2.10 bits per heavy atom. The quantitative estimate of drug-likeness (QED) is 0.581. The molecule has 1 atom stereocenters. The Balaban J connectivity index is 2.33. The van der Waals surface area contributed by atoms with Crippen molar-refractivity contribution in [3.63, 3.8) is 0 Å². The highest BCUT2D eigenvalue weighted by atomic mass is 32.2. The summed E-state index contributed by atoms with van der Waals surface area (Å²) in [7, 11) is 0. The van der Waals surface area contributed by atoms with Crippen LogP contribution in [0.1, 0.15) is 20.3 Å². The average Bonchev–Trinajstić information content (AvgIpc) is 2.48. The van der Waals surface area contributed by atoms with E-state index in [9.17, 15) is 8.78 Å². The summed E-state index contributed by atoms with van der Waals surface area (Å²) in [6, 6.07) is 0. The van der Waals surface area contributed by atoms with E-state index in [0.29, 0.717) is 0 Å². The fourth-order valence-electron chi connectivity index (χ4n) is 0.725. The zero-order chi connectivity index (χ0) is 7.78. The van der Waals surface area contributed by atoms with Gasteiger partial charge in [-0.25, -0.2) is 8.78 Å². The minimum Gasteiger partial charge on any atom is -0.207 e. The summed E-state index contributed by atoms with van der Waals surface area (Å²) < 4.78 is 25.6. The monoisotopic (exact) mass is 166 g/mol. The number of alkyl halides is 2. The van der Waals surface area contributed by atoms with Gasteiger partial charge in [-0.1, -0.05) is 13.8 Å². The molecule has 0 amide bonds. The molecule has 0 aliphatic carbocycles. The van der Waals surface area contributed by atoms with E-state index in [0.717, 1.165) is 5.75 Å². The molecule has 0 N–H and O–H groups in total. The lowest BCUT2D eigenvalue weighted by Crippen LogP contribution is -2.25. The molecule has 1 fully saturated rings. The van der Waals surface area contributed by atoms with E-state index >= 15 is 0 Å². The summed E-state index contributed by atoms with van der Waals surface area (Å²) in [5, 5.41) is 0.248. The standard InChI is InChI=1S/C7H12F2S/c1-5(2)7(8,9)3-6-4-10-6/h5-6H,3-4H2,1-2H3. The summed E-state index contributed by atoms with van der Waals surface area (Å²) in [6.45, 7) is 3.15. The largest absolute Gasteiger partial charge is 0.251 e. The zero-order valence-electron chi connectivity index (χ0n) is 6.23. The maximum Gasteiger partial charge on any atom is 0.251 e. The SMILES string of the molecule is CC(C)C(F)(F)CC1CS1. The first-order valence-electron chi connectivity index (χ1n) is 3.52. The first-order valence-corrected chi connectivity index (χ1v) is 4.56. The van der Waals surface area contributed by atoms with Gasteiger partial charge in [0.2, 0.25) is 0 Å². The highest BCUT2D eigenvalue weighted by Crippen LogP contribution is 2.41. The van der Waals surface area contributed by atoms with Crippen molar-refractivity contribution >= 4 is 11.8 Å². The molecule has 1 aliphatic rings. The van der Waals surface area contributed by atoms with Crippen LogP contribution in [-0.4, -0.2) is 16.9 Å². The summed E-state index contributed by atoms with van der Waals surface area (Å²) in [5.41, 5.74) is 0. The Kier molecular flexibility index (Phi) is 2.23. The number of halogens is 2. The van der Waals surface area contributed by atoms with Crippen LogP contribution >= 0.6 is 11.8 Å². The Labute approximate surface area is 64.4 Å². The van der Waals surface area contributed by atoms with Crippen molar-refractivity contribution in [3.05, 3.63) is 0 Å². The van der Waals surface area contributed by atoms with Crippen molar-refractivity contribution < 1.29 is 8.78 Å². The van der Waals surface area contributed by atoms with Gasteiger partial charge in [-0.3, -0.25) is 0 Å². The normalized spacial score (nSPS) is 25.5. The van der Waals surface area contributed by atoms with Crippen LogP contribution in [-0.2, 0) is 0 Å². The Bertz CT molecular complexity index is 119. The first-order chi connectivity index (χ1) is 4.52. The average molecular weight is 166 g/mol. The Morgan fingerprint density at radius 3 is 2.40 bits per heavy atom. The molecule has 0 nitrogen and oxygen atoms in total. The van der Waals surface area contributed by atoms with Crippen molar-refractivity contribution in [1.29, 1.82) is 0 Å². The number of rotatable bonds is 3. The van der Waals surface area contributed by atoms with Crippen molar-refractivity contribution in [2.24, 2.45) is 5.92 Å². The van der Waals surface area contributed by atoms with Gasteiger partial charge in [-0.2, -0.15) is 11.8 Å². The maximum absolute atomic E-state index is 12.8. The third-order valence-electron chi connectivity index (χ3n) is 1.75. The minimum atomic E-state index is -2.44. The van der Waals surface area contributed by atoms with E-state index in [-0.39, 0.29) is 11.7 Å². The third kappa shape index (κ3) is 2.11. The number of hydrogen-bond acceptors (Lipinski definition) is 1. The maximum atomic E-state index is 12.8. The van der Waals surface area contributed by atoms with Crippen molar-refractivity contribution in [1.82, 2.24) is 0 Å². The molecule has 0 radical (unpaired) electrons. The van der Waals surface area contributed by atoms with Gasteiger partial charge >= 0.3 is 0 Å². The van der Waals surface area contributed by atoms with Crippen LogP contribution in [0.5, 0.6) is 0 Å². The van der Waals surface area contributed by atoms with Gasteiger partial charge in [0, 0.05) is 23.3 Å².